The van der Waals surface area contributed by atoms with Gasteiger partial charge in [0.25, 0.3) is 0 Å². The summed E-state index contributed by atoms with van der Waals surface area (Å²) in [6, 6.07) is 0. The summed E-state index contributed by atoms with van der Waals surface area (Å²) in [5, 5.41) is 0. The van der Waals surface area contributed by atoms with Crippen LogP contribution in [0.2, 0.25) is 0 Å². The fourth-order valence-corrected chi connectivity index (χ4v) is 0. The van der Waals surface area contributed by atoms with Gasteiger partial charge < -0.3 is 38.3 Å². The van der Waals surface area contributed by atoms with Crippen LogP contribution in [0.15, 0.2) is 0 Å². The van der Waals surface area contributed by atoms with Gasteiger partial charge in [-0.15, -0.1) is 0 Å². The van der Waals surface area contributed by atoms with E-state index in [1.54, 1.807) is 0 Å². The van der Waals surface area contributed by atoms with Gasteiger partial charge in [0.1, 0.15) is 0 Å². The summed E-state index contributed by atoms with van der Waals surface area (Å²) >= 11 is 0. The molecular weight excluding hydrogens is 454 g/mol. The van der Waals surface area contributed by atoms with Gasteiger partial charge in [-0.1, -0.05) is 0 Å². The van der Waals surface area contributed by atoms with Gasteiger partial charge in [-0.25, -0.2) is 0 Å². The van der Waals surface area contributed by atoms with Crippen LogP contribution >= 0.6 is 0 Å². The summed E-state index contributed by atoms with van der Waals surface area (Å²) in [6.07, 6.45) is 0. The monoisotopic (exact) mass is 454 g/mol. The van der Waals surface area contributed by atoms with Crippen molar-refractivity contribution in [2.75, 3.05) is 0 Å². The molecule has 0 aromatic rings. The Morgan fingerprint density at radius 1 is 0.455 bits per heavy atom. The first kappa shape index (κ1) is 395. The molecule has 0 bridgehead atoms. The Morgan fingerprint density at radius 3 is 0.455 bits per heavy atom. The van der Waals surface area contributed by atoms with Gasteiger partial charge in [-0.2, -0.15) is 0 Å². The number of hydrogen-bond acceptors (Lipinski definition) is 0. The second-order valence-electron chi connectivity index (χ2n) is 0. The third-order valence-corrected chi connectivity index (χ3v) is 0. The van der Waals surface area contributed by atoms with Crippen molar-refractivity contribution in [3.8, 4) is 0 Å². The molecule has 0 atom stereocenters. The quantitative estimate of drug-likeness (QED) is 0.323. The van der Waals surface area contributed by atoms with Crippen molar-refractivity contribution in [2.45, 2.75) is 0 Å². The van der Waals surface area contributed by atoms with Gasteiger partial charge in [0.2, 0.25) is 0 Å². The predicted octanol–water partition coefficient (Wildman–Crippen LogP) is -3.84. The molecule has 0 aliphatic rings. The van der Waals surface area contributed by atoms with Gasteiger partial charge in [-0.3, -0.25) is 0 Å². The Bertz CT molecular complexity index is 18.4. The zero-order valence-corrected chi connectivity index (χ0v) is 11.1. The molecule has 0 rings (SSSR count). The van der Waals surface area contributed by atoms with Gasteiger partial charge in [0, 0.05) is 0 Å². The van der Waals surface area contributed by atoms with E-state index < -0.39 is 0 Å². The predicted molar refractivity (Wildman–Crippen MR) is 4.81 cm³/mol. The van der Waals surface area contributed by atoms with E-state index in [1.807, 2.05) is 0 Å². The molecule has 0 N–H and O–H groups in total. The van der Waals surface area contributed by atoms with E-state index in [9.17, 15) is 0 Å². The van der Waals surface area contributed by atoms with Gasteiger partial charge in [0.05, 0.1) is 0 Å². The fraction of sp³-hybridized carbons (Fsp3) is 0. The average Bonchev–Trinajstić information content (AvgIpc) is 0. The van der Waals surface area contributed by atoms with Crippen molar-refractivity contribution < 1.29 is 117 Å². The summed E-state index contributed by atoms with van der Waals surface area (Å²) in [6.45, 7) is 0. The Labute approximate surface area is 116 Å². The first-order chi connectivity index (χ1) is 0. The summed E-state index contributed by atoms with van der Waals surface area (Å²) in [5.74, 6) is 0. The van der Waals surface area contributed by atoms with Crippen molar-refractivity contribution in [1.82, 2.24) is 0 Å². The third-order valence-electron chi connectivity index (χ3n) is 0. The molecule has 0 radical (unpaired) electrons. The van der Waals surface area contributed by atoms with E-state index in [-0.39, 0.29) is 117 Å². The van der Waals surface area contributed by atoms with E-state index in [4.69, 9.17) is 0 Å². The van der Waals surface area contributed by atoms with Crippen LogP contribution in [0.1, 0.15) is 0 Å². The van der Waals surface area contributed by atoms with E-state index >= 15 is 0 Å². The summed E-state index contributed by atoms with van der Waals surface area (Å²) in [4.78, 5) is 0. The molecule has 0 aromatic carbocycles. The second kappa shape index (κ2) is 308. The van der Waals surface area contributed by atoms with E-state index in [1.165, 1.54) is 0 Å². The van der Waals surface area contributed by atoms with Crippen molar-refractivity contribution in [2.24, 2.45) is 0 Å². The van der Waals surface area contributed by atoms with Crippen molar-refractivity contribution in [1.29, 1.82) is 0 Å². The molecule has 0 spiro atoms. The maximum absolute atomic E-state index is 0. The van der Waals surface area contributed by atoms with Crippen LogP contribution in [0.3, 0.4) is 0 Å². The van der Waals surface area contributed by atoms with Crippen molar-refractivity contribution >= 4 is 0 Å². The SMILES string of the molecule is [Li+].[Nb+5].[Ni+2].[O-2].[O-2].[O-2].[O-2].[O-2].[O-2].[O-2].[W+6]. The molecule has 0 fully saturated rings. The fourth-order valence-electron chi connectivity index (χ4n) is 0. The smallest absolute Gasteiger partial charge is 2.00 e. The molecule has 0 amide bonds. The summed E-state index contributed by atoms with van der Waals surface area (Å²) in [7, 11) is 0. The Morgan fingerprint density at radius 2 is 0.455 bits per heavy atom. The molecule has 0 heterocycles. The van der Waals surface area contributed by atoms with Crippen molar-refractivity contribution in [3.63, 3.8) is 0 Å². The Balaban J connectivity index is 0. The maximum Gasteiger partial charge on any atom is 6.00 e. The van der Waals surface area contributed by atoms with Gasteiger partial charge in [-0.05, 0) is 0 Å². The number of rotatable bonds is 0. The van der Waals surface area contributed by atoms with Crippen molar-refractivity contribution in [3.05, 3.63) is 0 Å². The molecule has 0 aliphatic heterocycles. The molecule has 7 nitrogen and oxygen atoms in total. The average molecular weight is 454 g/mol. The molecule has 64 valence electrons. The van der Waals surface area contributed by atoms with E-state index in [2.05, 4.69) is 0 Å². The Hall–Kier alpha value is 2.24. The third kappa shape index (κ3) is 256. The van der Waals surface area contributed by atoms with Crippen LogP contribution < -0.4 is 18.9 Å². The largest absolute Gasteiger partial charge is 6.00 e. The summed E-state index contributed by atoms with van der Waals surface area (Å²) in [5.41, 5.74) is 0. The molecule has 0 saturated heterocycles. The van der Waals surface area contributed by atoms with E-state index in [0.717, 1.165) is 0 Å². The van der Waals surface area contributed by atoms with Crippen LogP contribution in [0.4, 0.5) is 0 Å². The standard InChI is InChI=1S/Li.Nb.Ni.7O.W/q+1;+5;+2;7*-2;+6. The minimum Gasteiger partial charge on any atom is -2.00 e. The minimum absolute atomic E-state index is 0. The molecule has 0 aliphatic carbocycles. The molecule has 0 aromatic heterocycles. The number of hydrogen-bond donors (Lipinski definition) is 0. The zero-order valence-electron chi connectivity index (χ0n) is 5.03. The van der Waals surface area contributed by atoms with Crippen LogP contribution in [0, 0.1) is 0 Å². The molecular formula is LiNbNiO7W. The first-order valence-electron chi connectivity index (χ1n) is 0. The van der Waals surface area contributed by atoms with Crippen LogP contribution in [-0.4, -0.2) is 0 Å². The first-order valence-corrected chi connectivity index (χ1v) is 0. The second-order valence-corrected chi connectivity index (χ2v) is 0. The summed E-state index contributed by atoms with van der Waals surface area (Å²) < 4.78 is 0. The normalized spacial score (nSPS) is 0. The maximum atomic E-state index is 0. The topological polar surface area (TPSA) is 200 Å². The van der Waals surface area contributed by atoms with Crippen LogP contribution in [-0.2, 0) is 98.3 Å². The van der Waals surface area contributed by atoms with Crippen LogP contribution in [0.5, 0.6) is 0 Å². The molecule has 0 unspecified atom stereocenters. The van der Waals surface area contributed by atoms with E-state index in [0.29, 0.717) is 0 Å². The molecule has 0 saturated carbocycles. The zero-order chi connectivity index (χ0) is 0. The van der Waals surface area contributed by atoms with Gasteiger partial charge >= 0.3 is 78.8 Å². The molecule has 11 heavy (non-hydrogen) atoms. The van der Waals surface area contributed by atoms with Gasteiger partial charge in [0.15, 0.2) is 0 Å². The molecule has 11 heteroatoms. The minimum atomic E-state index is 0. The van der Waals surface area contributed by atoms with Crippen LogP contribution in [0.25, 0.3) is 0 Å². The Kier molecular flexibility index (Phi) is 11100.